The second-order valence-electron chi connectivity index (χ2n) is 8.18. The lowest BCUT2D eigenvalue weighted by Gasteiger charge is -2.30. The first-order valence-corrected chi connectivity index (χ1v) is 10.3. The number of piperidine rings is 1. The highest BCUT2D eigenvalue weighted by molar-refractivity contribution is 5.94. The summed E-state index contributed by atoms with van der Waals surface area (Å²) in [5.74, 6) is 1.56. The first-order chi connectivity index (χ1) is 13.5. The lowest BCUT2D eigenvalue weighted by atomic mass is 9.99. The summed E-state index contributed by atoms with van der Waals surface area (Å²) in [5.41, 5.74) is 3.00. The normalized spacial score (nSPS) is 17.5. The van der Waals surface area contributed by atoms with Crippen LogP contribution in [-0.4, -0.2) is 30.0 Å². The third-order valence-electron chi connectivity index (χ3n) is 5.09. The maximum Gasteiger partial charge on any atom is 0.251 e. The van der Waals surface area contributed by atoms with Crippen molar-refractivity contribution >= 4 is 5.91 Å². The highest BCUT2D eigenvalue weighted by Gasteiger charge is 2.16. The molecule has 0 aliphatic carbocycles. The van der Waals surface area contributed by atoms with Gasteiger partial charge >= 0.3 is 0 Å². The number of hydrogen-bond donors (Lipinski definition) is 1. The molecule has 0 aromatic heterocycles. The molecule has 2 aromatic rings. The van der Waals surface area contributed by atoms with Gasteiger partial charge in [0, 0.05) is 25.2 Å². The van der Waals surface area contributed by atoms with Crippen LogP contribution in [0, 0.1) is 5.92 Å². The molecule has 1 heterocycles. The topological polar surface area (TPSA) is 41.6 Å². The maximum atomic E-state index is 12.5. The minimum atomic E-state index is -0.0478. The van der Waals surface area contributed by atoms with Crippen LogP contribution >= 0.6 is 0 Å². The Hall–Kier alpha value is -2.33. The average Bonchev–Trinajstić information content (AvgIpc) is 2.66. The Morgan fingerprint density at radius 3 is 2.68 bits per heavy atom. The van der Waals surface area contributed by atoms with E-state index < -0.39 is 0 Å². The quantitative estimate of drug-likeness (QED) is 0.761. The Morgan fingerprint density at radius 1 is 1.18 bits per heavy atom. The molecule has 1 amide bonds. The molecule has 1 fully saturated rings. The van der Waals surface area contributed by atoms with Crippen molar-refractivity contribution in [1.82, 2.24) is 10.2 Å². The SMILES string of the molecule is CC(C)Oc1cccc(CNC(=O)c2ccc(CN3CCC[C@H](C)C3)cc2)c1. The molecule has 1 aliphatic heterocycles. The Labute approximate surface area is 168 Å². The molecule has 4 nitrogen and oxygen atoms in total. The second-order valence-corrected chi connectivity index (χ2v) is 8.18. The maximum absolute atomic E-state index is 12.5. The van der Waals surface area contributed by atoms with E-state index in [9.17, 15) is 4.79 Å². The van der Waals surface area contributed by atoms with Gasteiger partial charge in [-0.15, -0.1) is 0 Å². The van der Waals surface area contributed by atoms with Gasteiger partial charge in [-0.2, -0.15) is 0 Å². The molecule has 0 unspecified atom stereocenters. The Kier molecular flexibility index (Phi) is 7.10. The van der Waals surface area contributed by atoms with Crippen LogP contribution in [0.4, 0.5) is 0 Å². The molecule has 3 rings (SSSR count). The summed E-state index contributed by atoms with van der Waals surface area (Å²) < 4.78 is 5.71. The summed E-state index contributed by atoms with van der Waals surface area (Å²) in [5, 5.41) is 3.00. The van der Waals surface area contributed by atoms with Crippen molar-refractivity contribution in [3.8, 4) is 5.75 Å². The highest BCUT2D eigenvalue weighted by Crippen LogP contribution is 2.18. The molecule has 0 radical (unpaired) electrons. The van der Waals surface area contributed by atoms with Crippen LogP contribution in [0.1, 0.15) is 55.1 Å². The third kappa shape index (κ3) is 6.10. The molecule has 2 aromatic carbocycles. The summed E-state index contributed by atoms with van der Waals surface area (Å²) in [6.45, 7) is 10.1. The van der Waals surface area contributed by atoms with Crippen molar-refractivity contribution in [3.63, 3.8) is 0 Å². The lowest BCUT2D eigenvalue weighted by molar-refractivity contribution is 0.0950. The van der Waals surface area contributed by atoms with Gasteiger partial charge in [-0.3, -0.25) is 9.69 Å². The van der Waals surface area contributed by atoms with E-state index in [4.69, 9.17) is 4.74 Å². The summed E-state index contributed by atoms with van der Waals surface area (Å²) in [6.07, 6.45) is 2.75. The van der Waals surface area contributed by atoms with Crippen molar-refractivity contribution < 1.29 is 9.53 Å². The van der Waals surface area contributed by atoms with E-state index >= 15 is 0 Å². The van der Waals surface area contributed by atoms with Crippen molar-refractivity contribution in [2.75, 3.05) is 13.1 Å². The standard InChI is InChI=1S/C24H32N2O2/c1-18(2)28-23-8-4-7-21(14-23)15-25-24(27)22-11-9-20(10-12-22)17-26-13-5-6-19(3)16-26/h4,7-12,14,18-19H,5-6,13,15-17H2,1-3H3,(H,25,27)/t19-/m0/s1. The molecule has 0 spiro atoms. The molecule has 150 valence electrons. The van der Waals surface area contributed by atoms with Crippen LogP contribution in [0.15, 0.2) is 48.5 Å². The van der Waals surface area contributed by atoms with Gasteiger partial charge in [-0.05, 0) is 74.5 Å². The minimum absolute atomic E-state index is 0.0478. The fraction of sp³-hybridized carbons (Fsp3) is 0.458. The Morgan fingerprint density at radius 2 is 1.96 bits per heavy atom. The molecule has 1 atom stereocenters. The molecule has 1 aliphatic rings. The lowest BCUT2D eigenvalue weighted by Crippen LogP contribution is -2.33. The molecular formula is C24H32N2O2. The molecule has 1 N–H and O–H groups in total. The van der Waals surface area contributed by atoms with Gasteiger partial charge in [0.15, 0.2) is 0 Å². The fourth-order valence-electron chi connectivity index (χ4n) is 3.74. The van der Waals surface area contributed by atoms with Crippen LogP contribution < -0.4 is 10.1 Å². The monoisotopic (exact) mass is 380 g/mol. The van der Waals surface area contributed by atoms with Crippen LogP contribution in [0.3, 0.4) is 0 Å². The predicted octanol–water partition coefficient (Wildman–Crippen LogP) is 4.64. The first-order valence-electron chi connectivity index (χ1n) is 10.3. The van der Waals surface area contributed by atoms with E-state index in [1.807, 2.05) is 50.2 Å². The summed E-state index contributed by atoms with van der Waals surface area (Å²) in [6, 6.07) is 15.9. The Balaban J connectivity index is 1.52. The van der Waals surface area contributed by atoms with E-state index in [0.29, 0.717) is 12.1 Å². The number of nitrogens with zero attached hydrogens (tertiary/aromatic N) is 1. The second kappa shape index (κ2) is 9.74. The number of carbonyl (C=O) groups is 1. The van der Waals surface area contributed by atoms with E-state index in [2.05, 4.69) is 29.3 Å². The van der Waals surface area contributed by atoms with Gasteiger partial charge in [0.05, 0.1) is 6.10 Å². The zero-order chi connectivity index (χ0) is 19.9. The predicted molar refractivity (Wildman–Crippen MR) is 113 cm³/mol. The van der Waals surface area contributed by atoms with E-state index in [1.54, 1.807) is 0 Å². The zero-order valence-electron chi connectivity index (χ0n) is 17.3. The van der Waals surface area contributed by atoms with Crippen LogP contribution in [0.5, 0.6) is 5.75 Å². The number of likely N-dealkylation sites (tertiary alicyclic amines) is 1. The van der Waals surface area contributed by atoms with E-state index in [1.165, 1.54) is 31.5 Å². The van der Waals surface area contributed by atoms with Gasteiger partial charge in [-0.25, -0.2) is 0 Å². The van der Waals surface area contributed by atoms with Crippen molar-refractivity contribution in [2.45, 2.75) is 52.8 Å². The fourth-order valence-corrected chi connectivity index (χ4v) is 3.74. The van der Waals surface area contributed by atoms with E-state index in [0.717, 1.165) is 23.8 Å². The van der Waals surface area contributed by atoms with Gasteiger partial charge in [-0.1, -0.05) is 31.2 Å². The number of benzene rings is 2. The van der Waals surface area contributed by atoms with Gasteiger partial charge in [0.2, 0.25) is 0 Å². The smallest absolute Gasteiger partial charge is 0.251 e. The van der Waals surface area contributed by atoms with E-state index in [-0.39, 0.29) is 12.0 Å². The van der Waals surface area contributed by atoms with Gasteiger partial charge in [0.1, 0.15) is 5.75 Å². The molecule has 0 bridgehead atoms. The summed E-state index contributed by atoms with van der Waals surface area (Å²) in [4.78, 5) is 15.0. The number of ether oxygens (including phenoxy) is 1. The van der Waals surface area contributed by atoms with Crippen molar-refractivity contribution in [3.05, 3.63) is 65.2 Å². The number of amides is 1. The largest absolute Gasteiger partial charge is 0.491 e. The third-order valence-corrected chi connectivity index (χ3v) is 5.09. The molecule has 28 heavy (non-hydrogen) atoms. The van der Waals surface area contributed by atoms with Gasteiger partial charge < -0.3 is 10.1 Å². The van der Waals surface area contributed by atoms with Gasteiger partial charge in [0.25, 0.3) is 5.91 Å². The molecule has 4 heteroatoms. The average molecular weight is 381 g/mol. The number of hydrogen-bond acceptors (Lipinski definition) is 3. The number of carbonyl (C=O) groups excluding carboxylic acids is 1. The van der Waals surface area contributed by atoms with Crippen molar-refractivity contribution in [2.24, 2.45) is 5.92 Å². The zero-order valence-corrected chi connectivity index (χ0v) is 17.3. The molecule has 0 saturated carbocycles. The van der Waals surface area contributed by atoms with Crippen molar-refractivity contribution in [1.29, 1.82) is 0 Å². The summed E-state index contributed by atoms with van der Waals surface area (Å²) in [7, 11) is 0. The summed E-state index contributed by atoms with van der Waals surface area (Å²) >= 11 is 0. The van der Waals surface area contributed by atoms with Crippen LogP contribution in [0.2, 0.25) is 0 Å². The Bertz CT molecular complexity index is 770. The van der Waals surface area contributed by atoms with Crippen LogP contribution in [-0.2, 0) is 13.1 Å². The molecule has 1 saturated heterocycles. The number of rotatable bonds is 7. The minimum Gasteiger partial charge on any atom is -0.491 e. The molecular weight excluding hydrogens is 348 g/mol. The highest BCUT2D eigenvalue weighted by atomic mass is 16.5. The number of nitrogens with one attached hydrogen (secondary N) is 1. The first kappa shape index (κ1) is 20.4. The van der Waals surface area contributed by atoms with Crippen LogP contribution in [0.25, 0.3) is 0 Å².